The predicted octanol–water partition coefficient (Wildman–Crippen LogP) is 3.00. The maximum absolute atomic E-state index is 13.0. The highest BCUT2D eigenvalue weighted by atomic mass is 19.3. The Kier molecular flexibility index (Phi) is 10.2. The summed E-state index contributed by atoms with van der Waals surface area (Å²) in [5, 5.41) is 0. The molecule has 2 atom stereocenters. The van der Waals surface area contributed by atoms with Crippen LogP contribution in [-0.2, 0) is 9.53 Å². The van der Waals surface area contributed by atoms with E-state index in [1.54, 1.807) is 0 Å². The number of rotatable bonds is 11. The Balaban J connectivity index is 4.21. The number of allylic oxidation sites excluding steroid dienone is 2. The minimum Gasteiger partial charge on any atom is -0.464 e. The summed E-state index contributed by atoms with van der Waals surface area (Å²) in [6.07, 6.45) is 1.85. The van der Waals surface area contributed by atoms with Crippen molar-refractivity contribution in [2.45, 2.75) is 64.8 Å². The number of esters is 1. The molecule has 0 fully saturated rings. The number of halogens is 2. The minimum absolute atomic E-state index is 0.114. The number of ether oxygens (including phenoxy) is 1. The third-order valence-electron chi connectivity index (χ3n) is 3.62. The lowest BCUT2D eigenvalue weighted by atomic mass is 9.95. The Bertz CT molecular complexity index is 358. The lowest BCUT2D eigenvalue weighted by Gasteiger charge is -2.26. The predicted molar refractivity (Wildman–Crippen MR) is 84.6 cm³/mol. The van der Waals surface area contributed by atoms with Crippen LogP contribution in [-0.4, -0.2) is 31.1 Å². The van der Waals surface area contributed by atoms with Crippen molar-refractivity contribution in [1.29, 1.82) is 0 Å². The van der Waals surface area contributed by atoms with Crippen molar-refractivity contribution in [3.63, 3.8) is 0 Å². The summed E-state index contributed by atoms with van der Waals surface area (Å²) in [7, 11) is 0. The molecule has 0 bridgehead atoms. The Labute approximate surface area is 132 Å². The molecule has 4 nitrogen and oxygen atoms in total. The zero-order chi connectivity index (χ0) is 17.2. The first kappa shape index (κ1) is 21.0. The van der Waals surface area contributed by atoms with Crippen LogP contribution in [0.4, 0.5) is 8.78 Å². The van der Waals surface area contributed by atoms with Crippen molar-refractivity contribution in [1.82, 2.24) is 0 Å². The van der Waals surface area contributed by atoms with Gasteiger partial charge in [0.15, 0.2) is 5.54 Å². The third kappa shape index (κ3) is 7.84. The van der Waals surface area contributed by atoms with E-state index in [1.165, 1.54) is 5.57 Å². The first-order valence-electron chi connectivity index (χ1n) is 7.81. The summed E-state index contributed by atoms with van der Waals surface area (Å²) >= 11 is 0. The SMILES string of the molecule is CC(C)=CCCC(C)CCOC(=O)C(N)(CCCN)C(F)F. The van der Waals surface area contributed by atoms with Gasteiger partial charge in [0.2, 0.25) is 0 Å². The van der Waals surface area contributed by atoms with Gasteiger partial charge in [-0.3, -0.25) is 0 Å². The van der Waals surface area contributed by atoms with Gasteiger partial charge in [0.05, 0.1) is 6.61 Å². The summed E-state index contributed by atoms with van der Waals surface area (Å²) in [6.45, 7) is 6.45. The van der Waals surface area contributed by atoms with Crippen LogP contribution in [0, 0.1) is 5.92 Å². The molecule has 0 aliphatic carbocycles. The molecule has 0 spiro atoms. The average Bonchev–Trinajstić information content (AvgIpc) is 2.43. The molecule has 0 rings (SSSR count). The Morgan fingerprint density at radius 1 is 1.32 bits per heavy atom. The molecule has 0 aliphatic heterocycles. The first-order chi connectivity index (χ1) is 10.2. The molecule has 4 N–H and O–H groups in total. The van der Waals surface area contributed by atoms with Crippen molar-refractivity contribution < 1.29 is 18.3 Å². The molecule has 2 unspecified atom stereocenters. The van der Waals surface area contributed by atoms with Crippen LogP contribution < -0.4 is 11.5 Å². The second kappa shape index (κ2) is 10.7. The monoisotopic (exact) mass is 320 g/mol. The fraction of sp³-hybridized carbons (Fsp3) is 0.812. The van der Waals surface area contributed by atoms with Gasteiger partial charge in [-0.2, -0.15) is 0 Å². The maximum Gasteiger partial charge on any atom is 0.332 e. The largest absolute Gasteiger partial charge is 0.464 e. The van der Waals surface area contributed by atoms with Crippen LogP contribution in [0.2, 0.25) is 0 Å². The van der Waals surface area contributed by atoms with Crippen molar-refractivity contribution in [3.05, 3.63) is 11.6 Å². The van der Waals surface area contributed by atoms with Crippen LogP contribution in [0.5, 0.6) is 0 Å². The molecule has 0 saturated heterocycles. The van der Waals surface area contributed by atoms with Crippen LogP contribution in [0.1, 0.15) is 52.9 Å². The molecule has 0 radical (unpaired) electrons. The molecule has 0 saturated carbocycles. The van der Waals surface area contributed by atoms with E-state index in [0.717, 1.165) is 12.8 Å². The van der Waals surface area contributed by atoms with E-state index >= 15 is 0 Å². The van der Waals surface area contributed by atoms with Crippen LogP contribution >= 0.6 is 0 Å². The number of carbonyl (C=O) groups is 1. The van der Waals surface area contributed by atoms with Gasteiger partial charge >= 0.3 is 5.97 Å². The number of nitrogens with two attached hydrogens (primary N) is 2. The molecule has 22 heavy (non-hydrogen) atoms. The Morgan fingerprint density at radius 2 is 1.95 bits per heavy atom. The molecule has 0 aliphatic rings. The molecular formula is C16H30F2N2O2. The number of alkyl halides is 2. The standard InChI is InChI=1S/C16H30F2N2O2/c1-12(2)6-4-7-13(3)8-11-22-15(21)16(20,14(17)18)9-5-10-19/h6,13-14H,4-5,7-11,19-20H2,1-3H3. The molecule has 0 amide bonds. The van der Waals surface area contributed by atoms with E-state index in [2.05, 4.69) is 6.08 Å². The van der Waals surface area contributed by atoms with Gasteiger partial charge in [0, 0.05) is 0 Å². The summed E-state index contributed by atoms with van der Waals surface area (Å²) in [6, 6.07) is 0. The van der Waals surface area contributed by atoms with Gasteiger partial charge in [-0.25, -0.2) is 13.6 Å². The van der Waals surface area contributed by atoms with E-state index in [0.29, 0.717) is 12.3 Å². The van der Waals surface area contributed by atoms with Crippen LogP contribution in [0.15, 0.2) is 11.6 Å². The van der Waals surface area contributed by atoms with Gasteiger partial charge in [-0.15, -0.1) is 0 Å². The van der Waals surface area contributed by atoms with E-state index in [4.69, 9.17) is 16.2 Å². The van der Waals surface area contributed by atoms with E-state index in [1.807, 2.05) is 20.8 Å². The van der Waals surface area contributed by atoms with Crippen molar-refractivity contribution >= 4 is 5.97 Å². The summed E-state index contributed by atoms with van der Waals surface area (Å²) in [4.78, 5) is 11.8. The maximum atomic E-state index is 13.0. The fourth-order valence-electron chi connectivity index (χ4n) is 1.98. The lowest BCUT2D eigenvalue weighted by Crippen LogP contribution is -2.55. The highest BCUT2D eigenvalue weighted by Crippen LogP contribution is 2.21. The lowest BCUT2D eigenvalue weighted by molar-refractivity contribution is -0.157. The number of carbonyl (C=O) groups excluding carboxylic acids is 1. The topological polar surface area (TPSA) is 78.3 Å². The van der Waals surface area contributed by atoms with Gasteiger partial charge in [0.25, 0.3) is 6.43 Å². The van der Waals surface area contributed by atoms with Crippen molar-refractivity contribution in [2.75, 3.05) is 13.2 Å². The van der Waals surface area contributed by atoms with E-state index in [9.17, 15) is 13.6 Å². The number of hydrogen-bond acceptors (Lipinski definition) is 4. The normalized spacial score (nSPS) is 15.3. The van der Waals surface area contributed by atoms with Gasteiger partial charge in [-0.05, 0) is 58.4 Å². The summed E-state index contributed by atoms with van der Waals surface area (Å²) in [5.41, 5.74) is 9.82. The third-order valence-corrected chi connectivity index (χ3v) is 3.62. The van der Waals surface area contributed by atoms with Crippen molar-refractivity contribution in [3.8, 4) is 0 Å². The highest BCUT2D eigenvalue weighted by Gasteiger charge is 2.44. The smallest absolute Gasteiger partial charge is 0.332 e. The average molecular weight is 320 g/mol. The molecule has 0 aromatic heterocycles. The molecule has 0 heterocycles. The van der Waals surface area contributed by atoms with Gasteiger partial charge in [-0.1, -0.05) is 18.6 Å². The molecule has 0 aromatic carbocycles. The number of hydrogen-bond donors (Lipinski definition) is 2. The van der Waals surface area contributed by atoms with E-state index < -0.39 is 17.9 Å². The first-order valence-corrected chi connectivity index (χ1v) is 7.81. The fourth-order valence-corrected chi connectivity index (χ4v) is 1.98. The summed E-state index contributed by atoms with van der Waals surface area (Å²) < 4.78 is 31.0. The molecular weight excluding hydrogens is 290 g/mol. The molecule has 0 aromatic rings. The Morgan fingerprint density at radius 3 is 2.45 bits per heavy atom. The second-order valence-corrected chi connectivity index (χ2v) is 6.12. The van der Waals surface area contributed by atoms with Crippen molar-refractivity contribution in [2.24, 2.45) is 17.4 Å². The van der Waals surface area contributed by atoms with Gasteiger partial charge < -0.3 is 16.2 Å². The second-order valence-electron chi connectivity index (χ2n) is 6.12. The highest BCUT2D eigenvalue weighted by molar-refractivity contribution is 5.81. The summed E-state index contributed by atoms with van der Waals surface area (Å²) in [5.74, 6) is -0.682. The molecule has 6 heteroatoms. The molecule has 130 valence electrons. The van der Waals surface area contributed by atoms with E-state index in [-0.39, 0.29) is 26.0 Å². The Hall–Kier alpha value is -1.01. The quantitative estimate of drug-likeness (QED) is 0.453. The zero-order valence-corrected chi connectivity index (χ0v) is 13.9. The van der Waals surface area contributed by atoms with Crippen LogP contribution in [0.25, 0.3) is 0 Å². The zero-order valence-electron chi connectivity index (χ0n) is 13.9. The van der Waals surface area contributed by atoms with Gasteiger partial charge in [0.1, 0.15) is 0 Å². The minimum atomic E-state index is -2.96. The van der Waals surface area contributed by atoms with Crippen LogP contribution in [0.3, 0.4) is 0 Å².